The lowest BCUT2D eigenvalue weighted by molar-refractivity contribution is -0.136. The molecule has 0 atom stereocenters. The van der Waals surface area contributed by atoms with Crippen LogP contribution >= 0.6 is 0 Å². The molecule has 1 aliphatic heterocycles. The molecule has 3 aromatic carbocycles. The van der Waals surface area contributed by atoms with E-state index < -0.39 is 17.6 Å². The molecule has 8 nitrogen and oxygen atoms in total. The van der Waals surface area contributed by atoms with Crippen LogP contribution < -0.4 is 20.1 Å². The number of carbonyl (C=O) groups excluding carboxylic acids is 2. The topological polar surface area (TPSA) is 92.8 Å². The average molecular weight is 571 g/mol. The van der Waals surface area contributed by atoms with E-state index in [-0.39, 0.29) is 11.4 Å². The number of nitrogens with one attached hydrogen (secondary N) is 2. The summed E-state index contributed by atoms with van der Waals surface area (Å²) in [4.78, 5) is 31.3. The minimum atomic E-state index is -0.876. The number of fused-ring (bicyclic) bond motifs is 1. The zero-order valence-corrected chi connectivity index (χ0v) is 23.9. The van der Waals surface area contributed by atoms with Crippen LogP contribution in [-0.4, -0.2) is 55.5 Å². The van der Waals surface area contributed by atoms with Crippen molar-refractivity contribution >= 4 is 28.4 Å². The molecule has 0 spiro atoms. The molecular weight excluding hydrogens is 535 g/mol. The second-order valence-corrected chi connectivity index (χ2v) is 10.7. The number of likely N-dealkylation sites (tertiary alicyclic amines) is 1. The van der Waals surface area contributed by atoms with Crippen molar-refractivity contribution in [2.75, 3.05) is 39.1 Å². The molecule has 9 heteroatoms. The molecule has 0 unspecified atom stereocenters. The number of rotatable bonds is 11. The number of aromatic nitrogens is 1. The Kier molecular flexibility index (Phi) is 9.28. The molecule has 1 aliphatic rings. The molecule has 2 heterocycles. The Morgan fingerprint density at radius 2 is 1.79 bits per heavy atom. The largest absolute Gasteiger partial charge is 0.496 e. The highest BCUT2D eigenvalue weighted by Crippen LogP contribution is 2.35. The summed E-state index contributed by atoms with van der Waals surface area (Å²) in [5, 5.41) is 5.70. The van der Waals surface area contributed by atoms with Crippen LogP contribution in [0.1, 0.15) is 24.0 Å². The number of pyridine rings is 1. The van der Waals surface area contributed by atoms with Crippen molar-refractivity contribution in [3.05, 3.63) is 89.9 Å². The van der Waals surface area contributed by atoms with E-state index in [0.717, 1.165) is 60.3 Å². The Morgan fingerprint density at radius 1 is 0.976 bits per heavy atom. The van der Waals surface area contributed by atoms with Gasteiger partial charge in [0.1, 0.15) is 11.5 Å². The Balaban J connectivity index is 1.21. The number of halogens is 1. The summed E-state index contributed by atoms with van der Waals surface area (Å²) in [5.41, 5.74) is 3.00. The first-order valence-corrected chi connectivity index (χ1v) is 14.1. The lowest BCUT2D eigenvalue weighted by atomic mass is 9.93. The maximum atomic E-state index is 15.0. The molecule has 1 fully saturated rings. The highest BCUT2D eigenvalue weighted by molar-refractivity contribution is 6.39. The smallest absolute Gasteiger partial charge is 0.313 e. The van der Waals surface area contributed by atoms with Crippen LogP contribution in [-0.2, 0) is 22.4 Å². The van der Waals surface area contributed by atoms with Gasteiger partial charge in [0.05, 0.1) is 12.6 Å². The first-order valence-electron chi connectivity index (χ1n) is 14.1. The van der Waals surface area contributed by atoms with E-state index in [2.05, 4.69) is 27.6 Å². The first-order chi connectivity index (χ1) is 20.4. The van der Waals surface area contributed by atoms with Crippen molar-refractivity contribution in [2.45, 2.75) is 25.7 Å². The highest BCUT2D eigenvalue weighted by Gasteiger charge is 2.22. The number of anilines is 1. The summed E-state index contributed by atoms with van der Waals surface area (Å²) in [5.74, 6) is -0.453. The molecular formula is C33H35FN4O4. The number of benzene rings is 3. The van der Waals surface area contributed by atoms with Gasteiger partial charge in [0, 0.05) is 43.0 Å². The number of ether oxygens (including phenoxy) is 2. The fourth-order valence-corrected chi connectivity index (χ4v) is 5.27. The number of carbonyl (C=O) groups is 2. The molecule has 0 bridgehead atoms. The number of nitrogens with zero attached hydrogens (tertiary/aromatic N) is 2. The van der Waals surface area contributed by atoms with Crippen LogP contribution in [0.15, 0.2) is 72.9 Å². The number of hydrogen-bond acceptors (Lipinski definition) is 6. The van der Waals surface area contributed by atoms with E-state index in [9.17, 15) is 9.59 Å². The van der Waals surface area contributed by atoms with Crippen molar-refractivity contribution in [3.8, 4) is 17.2 Å². The monoisotopic (exact) mass is 570 g/mol. The molecule has 218 valence electrons. The van der Waals surface area contributed by atoms with E-state index in [4.69, 9.17) is 9.47 Å². The van der Waals surface area contributed by atoms with Crippen LogP contribution in [0, 0.1) is 11.7 Å². The fraction of sp³-hybridized carbons (Fsp3) is 0.303. The summed E-state index contributed by atoms with van der Waals surface area (Å²) >= 11 is 0. The van der Waals surface area contributed by atoms with Crippen molar-refractivity contribution in [2.24, 2.45) is 5.92 Å². The lowest BCUT2D eigenvalue weighted by Crippen LogP contribution is -2.43. The van der Waals surface area contributed by atoms with Gasteiger partial charge in [-0.05, 0) is 80.1 Å². The van der Waals surface area contributed by atoms with Gasteiger partial charge >= 0.3 is 11.8 Å². The van der Waals surface area contributed by atoms with Crippen LogP contribution in [0.25, 0.3) is 10.9 Å². The van der Waals surface area contributed by atoms with E-state index in [1.54, 1.807) is 19.4 Å². The van der Waals surface area contributed by atoms with Gasteiger partial charge in [0.15, 0.2) is 11.6 Å². The van der Waals surface area contributed by atoms with E-state index >= 15 is 4.39 Å². The maximum Gasteiger partial charge on any atom is 0.313 e. The SMILES string of the molecule is COc1cc2c(Oc3ccc(NC(=O)C(=O)NCCc4ccccc4)cc3F)ccnc2cc1CCCC1CN(C)C1. The Hall–Kier alpha value is -4.50. The van der Waals surface area contributed by atoms with Gasteiger partial charge in [-0.2, -0.15) is 0 Å². The van der Waals surface area contributed by atoms with Gasteiger partial charge < -0.3 is 25.0 Å². The number of amides is 2. The van der Waals surface area contributed by atoms with Crippen LogP contribution in [0.4, 0.5) is 10.1 Å². The second-order valence-electron chi connectivity index (χ2n) is 10.7. The van der Waals surface area contributed by atoms with Gasteiger partial charge in [0.25, 0.3) is 0 Å². The molecule has 0 saturated carbocycles. The van der Waals surface area contributed by atoms with Crippen molar-refractivity contribution in [3.63, 3.8) is 0 Å². The van der Waals surface area contributed by atoms with Gasteiger partial charge in [-0.1, -0.05) is 30.3 Å². The fourth-order valence-electron chi connectivity index (χ4n) is 5.27. The third-order valence-corrected chi connectivity index (χ3v) is 7.46. The highest BCUT2D eigenvalue weighted by atomic mass is 19.1. The van der Waals surface area contributed by atoms with Crippen molar-refractivity contribution in [1.29, 1.82) is 0 Å². The summed E-state index contributed by atoms with van der Waals surface area (Å²) < 4.78 is 26.6. The molecule has 2 N–H and O–H groups in total. The van der Waals surface area contributed by atoms with Gasteiger partial charge in [-0.25, -0.2) is 4.39 Å². The van der Waals surface area contributed by atoms with Gasteiger partial charge in [-0.15, -0.1) is 0 Å². The number of aryl methyl sites for hydroxylation is 1. The zero-order chi connectivity index (χ0) is 29.5. The normalized spacial score (nSPS) is 13.4. The summed E-state index contributed by atoms with van der Waals surface area (Å²) in [7, 11) is 3.78. The quantitative estimate of drug-likeness (QED) is 0.236. The van der Waals surface area contributed by atoms with Crippen LogP contribution in [0.5, 0.6) is 17.2 Å². The Morgan fingerprint density at radius 3 is 2.52 bits per heavy atom. The summed E-state index contributed by atoms with van der Waals surface area (Å²) in [6.07, 6.45) is 5.35. The van der Waals surface area contributed by atoms with E-state index in [0.29, 0.717) is 24.1 Å². The van der Waals surface area contributed by atoms with Gasteiger partial charge in [-0.3, -0.25) is 14.6 Å². The minimum Gasteiger partial charge on any atom is -0.496 e. The summed E-state index contributed by atoms with van der Waals surface area (Å²) in [6, 6.07) is 19.2. The zero-order valence-electron chi connectivity index (χ0n) is 23.9. The van der Waals surface area contributed by atoms with Crippen molar-refractivity contribution in [1.82, 2.24) is 15.2 Å². The predicted molar refractivity (Wildman–Crippen MR) is 160 cm³/mol. The molecule has 42 heavy (non-hydrogen) atoms. The third-order valence-electron chi connectivity index (χ3n) is 7.46. The van der Waals surface area contributed by atoms with Crippen molar-refractivity contribution < 1.29 is 23.5 Å². The molecule has 5 rings (SSSR count). The third kappa shape index (κ3) is 7.22. The van der Waals surface area contributed by atoms with Gasteiger partial charge in [0.2, 0.25) is 0 Å². The maximum absolute atomic E-state index is 15.0. The first kappa shape index (κ1) is 29.0. The molecule has 0 aliphatic carbocycles. The van der Waals surface area contributed by atoms with E-state index in [1.807, 2.05) is 42.5 Å². The second kappa shape index (κ2) is 13.4. The molecule has 1 aromatic heterocycles. The Labute approximate surface area is 244 Å². The molecule has 1 saturated heterocycles. The molecule has 0 radical (unpaired) electrons. The lowest BCUT2D eigenvalue weighted by Gasteiger charge is -2.36. The van der Waals surface area contributed by atoms with E-state index in [1.165, 1.54) is 18.6 Å². The standard InChI is InChI=1S/C33H35FN4O4/c1-38-20-23(21-38)9-6-10-24-17-28-26(19-31(24)41-2)29(14-16-35-28)42-30-12-11-25(18-27(30)34)37-33(40)32(39)36-15-13-22-7-4-3-5-8-22/h3-5,7-8,11-12,14,16-19,23H,6,9-10,13,15,20-21H2,1-2H3,(H,36,39)(H,37,40). The average Bonchev–Trinajstić information content (AvgIpc) is 2.97. The van der Waals surface area contributed by atoms with Crippen LogP contribution in [0.2, 0.25) is 0 Å². The molecule has 2 amide bonds. The molecule has 4 aromatic rings. The predicted octanol–water partition coefficient (Wildman–Crippen LogP) is 5.36. The number of methoxy groups -OCH3 is 1. The minimum absolute atomic E-state index is 0.0266. The number of hydrogen-bond donors (Lipinski definition) is 2. The Bertz CT molecular complexity index is 1560. The summed E-state index contributed by atoms with van der Waals surface area (Å²) in [6.45, 7) is 2.62. The van der Waals surface area contributed by atoms with Crippen LogP contribution in [0.3, 0.4) is 0 Å².